The molecule has 3 rings (SSSR count). The molecule has 3 aromatic rings. The number of benzene rings is 3. The van der Waals surface area contributed by atoms with E-state index in [0.29, 0.717) is 0 Å². The Labute approximate surface area is 212 Å². The summed E-state index contributed by atoms with van der Waals surface area (Å²) in [6.45, 7) is 1.55. The van der Waals surface area contributed by atoms with Gasteiger partial charge < -0.3 is 14.8 Å². The third-order valence-corrected chi connectivity index (χ3v) is 5.11. The van der Waals surface area contributed by atoms with Crippen molar-refractivity contribution in [3.05, 3.63) is 90.9 Å². The zero-order chi connectivity index (χ0) is 25.7. The van der Waals surface area contributed by atoms with Crippen molar-refractivity contribution in [1.82, 2.24) is 0 Å². The fraction of sp³-hybridized carbons (Fsp3) is 0.0909. The van der Waals surface area contributed by atoms with E-state index in [9.17, 15) is 23.7 Å². The first-order valence-corrected chi connectivity index (χ1v) is 10.8. The summed E-state index contributed by atoms with van der Waals surface area (Å²) in [7, 11) is 0. The standard InChI is InChI=1S/C22H14Cl3F2N3O5/c1-2-34-21(19-16(26)4-3-5-17(19)27)29-22(31)28-11-8-14(24)20(15(25)9-11)35-12-6-7-18(30(32)33)13(23)10-12/h3-10H,2H2,1H3,(H,28,31). The number of ether oxygens (including phenoxy) is 2. The quantitative estimate of drug-likeness (QED) is 0.149. The van der Waals surface area contributed by atoms with Crippen LogP contribution in [0.5, 0.6) is 11.5 Å². The Morgan fingerprint density at radius 1 is 1.06 bits per heavy atom. The van der Waals surface area contributed by atoms with Crippen molar-refractivity contribution in [2.75, 3.05) is 11.9 Å². The van der Waals surface area contributed by atoms with Crippen LogP contribution in [-0.4, -0.2) is 23.5 Å². The molecule has 0 saturated carbocycles. The maximum atomic E-state index is 14.1. The number of carbonyl (C=O) groups excluding carboxylic acids is 1. The van der Waals surface area contributed by atoms with Crippen LogP contribution in [-0.2, 0) is 4.74 Å². The summed E-state index contributed by atoms with van der Waals surface area (Å²) in [6.07, 6.45) is 0. The Balaban J connectivity index is 1.83. The highest BCUT2D eigenvalue weighted by Gasteiger charge is 2.19. The molecule has 0 bridgehead atoms. The van der Waals surface area contributed by atoms with Gasteiger partial charge in [0.2, 0.25) is 5.90 Å². The highest BCUT2D eigenvalue weighted by Crippen LogP contribution is 2.40. The van der Waals surface area contributed by atoms with Crippen molar-refractivity contribution >= 4 is 58.1 Å². The second-order valence-electron chi connectivity index (χ2n) is 6.62. The summed E-state index contributed by atoms with van der Waals surface area (Å²) < 4.78 is 38.9. The zero-order valence-electron chi connectivity index (χ0n) is 17.7. The molecule has 0 atom stereocenters. The van der Waals surface area contributed by atoms with Gasteiger partial charge in [0.05, 0.1) is 21.6 Å². The van der Waals surface area contributed by atoms with Gasteiger partial charge >= 0.3 is 6.03 Å². The van der Waals surface area contributed by atoms with Crippen LogP contribution >= 0.6 is 34.8 Å². The molecule has 0 aliphatic carbocycles. The minimum Gasteiger partial charge on any atom is -0.477 e. The second kappa shape index (κ2) is 11.3. The number of urea groups is 1. The smallest absolute Gasteiger partial charge is 0.348 e. The van der Waals surface area contributed by atoms with Gasteiger partial charge in [-0.15, -0.1) is 0 Å². The molecule has 0 spiro atoms. The van der Waals surface area contributed by atoms with Gasteiger partial charge in [-0.25, -0.2) is 13.6 Å². The summed E-state index contributed by atoms with van der Waals surface area (Å²) in [4.78, 5) is 26.3. The van der Waals surface area contributed by atoms with Crippen molar-refractivity contribution in [2.45, 2.75) is 6.92 Å². The Bertz CT molecular complexity index is 1290. The van der Waals surface area contributed by atoms with Crippen molar-refractivity contribution in [3.63, 3.8) is 0 Å². The largest absolute Gasteiger partial charge is 0.477 e. The minimum absolute atomic E-state index is 0.00373. The molecule has 182 valence electrons. The van der Waals surface area contributed by atoms with Crippen molar-refractivity contribution in [1.29, 1.82) is 0 Å². The molecule has 3 aromatic carbocycles. The SMILES string of the molecule is CCOC(=NC(=O)Nc1cc(Cl)c(Oc2ccc([N+](=O)[O-])c(Cl)c2)c(Cl)c1)c1c(F)cccc1F. The average molecular weight is 545 g/mol. The number of aliphatic imine (C=N–C) groups is 1. The number of anilines is 1. The van der Waals surface area contributed by atoms with Gasteiger partial charge in [0.15, 0.2) is 5.75 Å². The maximum absolute atomic E-state index is 14.1. The Kier molecular flexibility index (Phi) is 8.44. The minimum atomic E-state index is -1.01. The van der Waals surface area contributed by atoms with Crippen molar-refractivity contribution in [3.8, 4) is 11.5 Å². The van der Waals surface area contributed by atoms with Crippen LogP contribution in [0.3, 0.4) is 0 Å². The first kappa shape index (κ1) is 26.1. The molecule has 2 amide bonds. The lowest BCUT2D eigenvalue weighted by Crippen LogP contribution is -2.16. The topological polar surface area (TPSA) is 103 Å². The fourth-order valence-corrected chi connectivity index (χ4v) is 3.59. The van der Waals surface area contributed by atoms with E-state index in [0.717, 1.165) is 24.3 Å². The van der Waals surface area contributed by atoms with E-state index in [-0.39, 0.29) is 44.5 Å². The molecular weight excluding hydrogens is 531 g/mol. The van der Waals surface area contributed by atoms with E-state index in [2.05, 4.69) is 10.3 Å². The number of nitrogens with zero attached hydrogens (tertiary/aromatic N) is 2. The van der Waals surface area contributed by atoms with Gasteiger partial charge in [-0.2, -0.15) is 4.99 Å². The normalized spacial score (nSPS) is 11.2. The van der Waals surface area contributed by atoms with Crippen LogP contribution in [0.1, 0.15) is 12.5 Å². The molecular formula is C22H14Cl3F2N3O5. The van der Waals surface area contributed by atoms with E-state index < -0.39 is 34.1 Å². The first-order valence-electron chi connectivity index (χ1n) is 9.68. The van der Waals surface area contributed by atoms with E-state index in [1.54, 1.807) is 6.92 Å². The average Bonchev–Trinajstić information content (AvgIpc) is 2.76. The number of hydrogen-bond acceptors (Lipinski definition) is 5. The summed E-state index contributed by atoms with van der Waals surface area (Å²) >= 11 is 18.3. The number of halogens is 5. The van der Waals surface area contributed by atoms with Gasteiger partial charge in [0.25, 0.3) is 5.69 Å². The summed E-state index contributed by atoms with van der Waals surface area (Å²) in [5.74, 6) is -2.34. The third kappa shape index (κ3) is 6.36. The van der Waals surface area contributed by atoms with Crippen LogP contribution in [0.15, 0.2) is 53.5 Å². The van der Waals surface area contributed by atoms with Gasteiger partial charge in [-0.1, -0.05) is 40.9 Å². The van der Waals surface area contributed by atoms with Crippen LogP contribution in [0.25, 0.3) is 0 Å². The number of nitro groups is 1. The number of nitrogens with one attached hydrogen (secondary N) is 1. The van der Waals surface area contributed by atoms with Gasteiger partial charge in [0, 0.05) is 17.8 Å². The molecule has 0 aliphatic rings. The second-order valence-corrected chi connectivity index (χ2v) is 7.84. The number of rotatable bonds is 6. The third-order valence-electron chi connectivity index (χ3n) is 4.25. The molecule has 0 aliphatic heterocycles. The molecule has 0 heterocycles. The summed E-state index contributed by atoms with van der Waals surface area (Å²) in [6, 6.07) is 8.39. The summed E-state index contributed by atoms with van der Waals surface area (Å²) in [5, 5.41) is 13.0. The highest BCUT2D eigenvalue weighted by atomic mass is 35.5. The lowest BCUT2D eigenvalue weighted by atomic mass is 10.2. The monoisotopic (exact) mass is 543 g/mol. The van der Waals surface area contributed by atoms with Crippen molar-refractivity contribution in [2.24, 2.45) is 4.99 Å². The molecule has 1 N–H and O–H groups in total. The first-order chi connectivity index (χ1) is 16.6. The van der Waals surface area contributed by atoms with Crippen LogP contribution in [0, 0.1) is 21.7 Å². The molecule has 0 fully saturated rings. The zero-order valence-corrected chi connectivity index (χ0v) is 19.9. The predicted octanol–water partition coefficient (Wildman–Crippen LogP) is 7.64. The van der Waals surface area contributed by atoms with E-state index in [1.165, 1.54) is 24.3 Å². The molecule has 0 saturated heterocycles. The summed E-state index contributed by atoms with van der Waals surface area (Å²) in [5.41, 5.74) is -0.810. The highest BCUT2D eigenvalue weighted by molar-refractivity contribution is 6.37. The Morgan fingerprint density at radius 3 is 2.23 bits per heavy atom. The number of carbonyl (C=O) groups is 1. The molecule has 0 aromatic heterocycles. The maximum Gasteiger partial charge on any atom is 0.348 e. The number of amides is 2. The fourth-order valence-electron chi connectivity index (χ4n) is 2.79. The van der Waals surface area contributed by atoms with E-state index in [4.69, 9.17) is 44.3 Å². The molecule has 8 nitrogen and oxygen atoms in total. The van der Waals surface area contributed by atoms with Gasteiger partial charge in [0.1, 0.15) is 28.0 Å². The Hall–Kier alpha value is -3.47. The van der Waals surface area contributed by atoms with E-state index in [1.807, 2.05) is 0 Å². The number of nitro benzene ring substituents is 1. The van der Waals surface area contributed by atoms with Crippen molar-refractivity contribution < 1.29 is 28.0 Å². The van der Waals surface area contributed by atoms with Crippen LogP contribution < -0.4 is 10.1 Å². The molecule has 35 heavy (non-hydrogen) atoms. The van der Waals surface area contributed by atoms with Gasteiger partial charge in [-0.3, -0.25) is 10.1 Å². The molecule has 0 unspecified atom stereocenters. The van der Waals surface area contributed by atoms with Crippen LogP contribution in [0.4, 0.5) is 25.0 Å². The molecule has 0 radical (unpaired) electrons. The van der Waals surface area contributed by atoms with E-state index >= 15 is 0 Å². The number of hydrogen-bond donors (Lipinski definition) is 1. The lowest BCUT2D eigenvalue weighted by molar-refractivity contribution is -0.384. The lowest BCUT2D eigenvalue weighted by Gasteiger charge is -2.12. The van der Waals surface area contributed by atoms with Gasteiger partial charge in [-0.05, 0) is 37.3 Å². The van der Waals surface area contributed by atoms with Crippen LogP contribution in [0.2, 0.25) is 15.1 Å². The predicted molar refractivity (Wildman–Crippen MR) is 128 cm³/mol. The Morgan fingerprint density at radius 2 is 1.69 bits per heavy atom. The molecule has 13 heteroatoms.